The van der Waals surface area contributed by atoms with E-state index in [1.54, 1.807) is 0 Å². The maximum atomic E-state index is 3.69. The van der Waals surface area contributed by atoms with Crippen LogP contribution in [0.2, 0.25) is 0 Å². The number of rotatable bonds is 24. The summed E-state index contributed by atoms with van der Waals surface area (Å²) in [6.07, 6.45) is 16.5. The van der Waals surface area contributed by atoms with E-state index in [2.05, 4.69) is 42.0 Å². The van der Waals surface area contributed by atoms with Crippen LogP contribution in [0, 0.1) is 17.8 Å². The summed E-state index contributed by atoms with van der Waals surface area (Å²) in [6, 6.07) is 0. The average molecular weight is 425 g/mol. The molecule has 0 aromatic carbocycles. The molecule has 0 radical (unpaired) electrons. The quantitative estimate of drug-likeness (QED) is 0.166. The minimum absolute atomic E-state index is 0.836. The van der Waals surface area contributed by atoms with Crippen LogP contribution in [0.4, 0.5) is 0 Å². The monoisotopic (exact) mass is 424 g/mol. The number of hydrogen-bond acceptors (Lipinski definition) is 4. The van der Waals surface area contributed by atoms with E-state index < -0.39 is 0 Å². The molecule has 0 saturated heterocycles. The molecule has 4 N–H and O–H groups in total. The average Bonchev–Trinajstić information content (AvgIpc) is 3.50. The van der Waals surface area contributed by atoms with Gasteiger partial charge in [0.25, 0.3) is 0 Å². The fraction of sp³-hybridized carbons (Fsp3) is 1.00. The lowest BCUT2D eigenvalue weighted by atomic mass is 10.0. The van der Waals surface area contributed by atoms with E-state index in [1.165, 1.54) is 123 Å². The minimum atomic E-state index is 0.836. The van der Waals surface area contributed by atoms with E-state index in [-0.39, 0.29) is 0 Å². The Kier molecular flexibility index (Phi) is 19.3. The second kappa shape index (κ2) is 20.7. The standard InChI is InChI=1S/C26H56N4/c1-4-6-7-8-9-10-15-24(3)21-28-17-13-14-19-30-23-26-20-25(26)22-29-18-12-11-16-27-5-2/h24-30H,4-23H2,1-3H3/t24?,25-,26-/m0/s1. The molecule has 0 heterocycles. The molecule has 30 heavy (non-hydrogen) atoms. The molecule has 1 aliphatic carbocycles. The van der Waals surface area contributed by atoms with Crippen LogP contribution in [-0.4, -0.2) is 52.4 Å². The lowest BCUT2D eigenvalue weighted by Gasteiger charge is -2.12. The normalized spacial score (nSPS) is 19.3. The molecule has 1 unspecified atom stereocenters. The molecule has 1 rings (SSSR count). The van der Waals surface area contributed by atoms with Crippen molar-refractivity contribution in [3.8, 4) is 0 Å². The summed E-state index contributed by atoms with van der Waals surface area (Å²) < 4.78 is 0. The van der Waals surface area contributed by atoms with Gasteiger partial charge in [-0.05, 0) is 109 Å². The molecule has 0 aromatic heterocycles. The summed E-state index contributed by atoms with van der Waals surface area (Å²) >= 11 is 0. The molecule has 0 aromatic rings. The first-order chi connectivity index (χ1) is 14.8. The van der Waals surface area contributed by atoms with Crippen LogP contribution >= 0.6 is 0 Å². The molecule has 1 saturated carbocycles. The molecule has 1 aliphatic rings. The summed E-state index contributed by atoms with van der Waals surface area (Å²) in [6.45, 7) is 16.4. The van der Waals surface area contributed by atoms with Gasteiger partial charge < -0.3 is 21.3 Å². The maximum absolute atomic E-state index is 3.69. The van der Waals surface area contributed by atoms with Gasteiger partial charge in [-0.25, -0.2) is 0 Å². The van der Waals surface area contributed by atoms with Gasteiger partial charge in [-0.2, -0.15) is 0 Å². The van der Waals surface area contributed by atoms with E-state index in [0.29, 0.717) is 0 Å². The predicted octanol–water partition coefficient (Wildman–Crippen LogP) is 4.95. The first-order valence-electron chi connectivity index (χ1n) is 13.6. The first kappa shape index (κ1) is 27.9. The van der Waals surface area contributed by atoms with Crippen molar-refractivity contribution in [3.63, 3.8) is 0 Å². The molecule has 180 valence electrons. The fourth-order valence-electron chi connectivity index (χ4n) is 4.29. The van der Waals surface area contributed by atoms with Crippen molar-refractivity contribution in [3.05, 3.63) is 0 Å². The third kappa shape index (κ3) is 17.5. The van der Waals surface area contributed by atoms with Crippen LogP contribution in [0.1, 0.15) is 97.8 Å². The van der Waals surface area contributed by atoms with Gasteiger partial charge >= 0.3 is 0 Å². The van der Waals surface area contributed by atoms with E-state index in [0.717, 1.165) is 24.3 Å². The lowest BCUT2D eigenvalue weighted by molar-refractivity contribution is 0.445. The molecule has 0 spiro atoms. The third-order valence-electron chi connectivity index (χ3n) is 6.59. The molecule has 0 aliphatic heterocycles. The molecule has 1 fully saturated rings. The van der Waals surface area contributed by atoms with Gasteiger partial charge in [-0.15, -0.1) is 0 Å². The molecule has 4 heteroatoms. The van der Waals surface area contributed by atoms with Crippen LogP contribution < -0.4 is 21.3 Å². The van der Waals surface area contributed by atoms with Crippen LogP contribution in [0.3, 0.4) is 0 Å². The third-order valence-corrected chi connectivity index (χ3v) is 6.59. The van der Waals surface area contributed by atoms with Crippen LogP contribution in [0.15, 0.2) is 0 Å². The highest BCUT2D eigenvalue weighted by Gasteiger charge is 2.35. The Morgan fingerprint density at radius 1 is 0.633 bits per heavy atom. The highest BCUT2D eigenvalue weighted by Crippen LogP contribution is 2.37. The summed E-state index contributed by atoms with van der Waals surface area (Å²) in [5, 5.41) is 14.4. The highest BCUT2D eigenvalue weighted by atomic mass is 14.9. The van der Waals surface area contributed by atoms with Crippen molar-refractivity contribution in [2.45, 2.75) is 97.8 Å². The molecular weight excluding hydrogens is 368 g/mol. The van der Waals surface area contributed by atoms with Crippen molar-refractivity contribution < 1.29 is 0 Å². The van der Waals surface area contributed by atoms with E-state index >= 15 is 0 Å². The smallest absolute Gasteiger partial charge is 0.00173 e. The Bertz CT molecular complexity index is 350. The van der Waals surface area contributed by atoms with Crippen molar-refractivity contribution in [1.82, 2.24) is 21.3 Å². The number of hydrogen-bond donors (Lipinski definition) is 4. The Labute approximate surface area is 189 Å². The Hall–Kier alpha value is -0.160. The number of unbranched alkanes of at least 4 members (excludes halogenated alkanes) is 7. The van der Waals surface area contributed by atoms with E-state index in [4.69, 9.17) is 0 Å². The fourth-order valence-corrected chi connectivity index (χ4v) is 4.29. The maximum Gasteiger partial charge on any atom is -0.00173 e. The molecule has 4 nitrogen and oxygen atoms in total. The second-order valence-electron chi connectivity index (χ2n) is 9.80. The van der Waals surface area contributed by atoms with E-state index in [1.807, 2.05) is 0 Å². The summed E-state index contributed by atoms with van der Waals surface area (Å²) in [7, 11) is 0. The largest absolute Gasteiger partial charge is 0.317 e. The summed E-state index contributed by atoms with van der Waals surface area (Å²) in [5.41, 5.74) is 0. The summed E-state index contributed by atoms with van der Waals surface area (Å²) in [5.74, 6) is 2.70. The predicted molar refractivity (Wildman–Crippen MR) is 134 cm³/mol. The van der Waals surface area contributed by atoms with Gasteiger partial charge in [0.1, 0.15) is 0 Å². The van der Waals surface area contributed by atoms with Crippen LogP contribution in [-0.2, 0) is 0 Å². The van der Waals surface area contributed by atoms with Crippen molar-refractivity contribution in [2.75, 3.05) is 52.4 Å². The van der Waals surface area contributed by atoms with Gasteiger partial charge in [-0.3, -0.25) is 0 Å². The zero-order chi connectivity index (χ0) is 21.7. The SMILES string of the molecule is CCCCCCCCC(C)CNCCCCNC[C@@H]1C[C@H]1CNCCCCNCC. The van der Waals surface area contributed by atoms with Crippen molar-refractivity contribution in [2.24, 2.45) is 17.8 Å². The molecule has 0 amide bonds. The van der Waals surface area contributed by atoms with Crippen molar-refractivity contribution >= 4 is 0 Å². The zero-order valence-electron chi connectivity index (χ0n) is 20.9. The van der Waals surface area contributed by atoms with Gasteiger partial charge in [0.15, 0.2) is 0 Å². The minimum Gasteiger partial charge on any atom is -0.317 e. The number of nitrogens with one attached hydrogen (secondary N) is 4. The van der Waals surface area contributed by atoms with Gasteiger partial charge in [0, 0.05) is 0 Å². The van der Waals surface area contributed by atoms with Crippen molar-refractivity contribution in [1.29, 1.82) is 0 Å². The molecule has 0 bridgehead atoms. The first-order valence-corrected chi connectivity index (χ1v) is 13.6. The molecular formula is C26H56N4. The van der Waals surface area contributed by atoms with Gasteiger partial charge in [-0.1, -0.05) is 59.3 Å². The highest BCUT2D eigenvalue weighted by molar-refractivity contribution is 4.89. The van der Waals surface area contributed by atoms with Crippen LogP contribution in [0.5, 0.6) is 0 Å². The Morgan fingerprint density at radius 2 is 1.17 bits per heavy atom. The second-order valence-corrected chi connectivity index (χ2v) is 9.80. The molecule has 3 atom stereocenters. The summed E-state index contributed by atoms with van der Waals surface area (Å²) in [4.78, 5) is 0. The van der Waals surface area contributed by atoms with Gasteiger partial charge in [0.2, 0.25) is 0 Å². The van der Waals surface area contributed by atoms with Gasteiger partial charge in [0.05, 0.1) is 0 Å². The Balaban J connectivity index is 1.74. The zero-order valence-corrected chi connectivity index (χ0v) is 20.9. The van der Waals surface area contributed by atoms with E-state index in [9.17, 15) is 0 Å². The topological polar surface area (TPSA) is 48.1 Å². The lowest BCUT2D eigenvalue weighted by Crippen LogP contribution is -2.25. The van der Waals surface area contributed by atoms with Crippen LogP contribution in [0.25, 0.3) is 0 Å². The Morgan fingerprint density at radius 3 is 1.77 bits per heavy atom.